The van der Waals surface area contributed by atoms with Crippen molar-refractivity contribution in [3.05, 3.63) is 22.8 Å². The van der Waals surface area contributed by atoms with Gasteiger partial charge in [-0.15, -0.1) is 0 Å². The zero-order chi connectivity index (χ0) is 14.9. The van der Waals surface area contributed by atoms with Gasteiger partial charge in [0.1, 0.15) is 11.5 Å². The molecule has 110 valence electrons. The van der Waals surface area contributed by atoms with Crippen molar-refractivity contribution in [2.75, 3.05) is 27.7 Å². The molecule has 1 N–H and O–H groups in total. The number of carbonyl (C=O) groups is 1. The van der Waals surface area contributed by atoms with E-state index in [0.717, 1.165) is 24.1 Å². The molecule has 1 aliphatic carbocycles. The molecular weight excluding hydrogens is 254 g/mol. The van der Waals surface area contributed by atoms with Gasteiger partial charge in [0.2, 0.25) is 0 Å². The van der Waals surface area contributed by atoms with E-state index in [1.807, 2.05) is 27.1 Å². The number of likely N-dealkylation sites (N-methyl/N-ethyl adjacent to an activating group) is 1. The van der Waals surface area contributed by atoms with Crippen LogP contribution in [0.2, 0.25) is 0 Å². The van der Waals surface area contributed by atoms with E-state index in [0.29, 0.717) is 24.2 Å². The highest BCUT2D eigenvalue weighted by molar-refractivity contribution is 6.02. The maximum absolute atomic E-state index is 12.2. The first kappa shape index (κ1) is 14.9. The summed E-state index contributed by atoms with van der Waals surface area (Å²) in [5, 5.41) is 10.5. The van der Waals surface area contributed by atoms with Gasteiger partial charge in [-0.2, -0.15) is 0 Å². The van der Waals surface area contributed by atoms with Gasteiger partial charge in [-0.05, 0) is 44.5 Å². The Balaban J connectivity index is 2.59. The molecule has 1 aromatic rings. The molecule has 1 aliphatic rings. The fourth-order valence-corrected chi connectivity index (χ4v) is 3.06. The summed E-state index contributed by atoms with van der Waals surface area (Å²) in [5.74, 6) is 1.12. The maximum Gasteiger partial charge on any atom is 0.166 e. The Morgan fingerprint density at radius 1 is 1.45 bits per heavy atom. The quantitative estimate of drug-likeness (QED) is 0.919. The van der Waals surface area contributed by atoms with Crippen LogP contribution in [0.3, 0.4) is 0 Å². The van der Waals surface area contributed by atoms with Crippen LogP contribution in [0, 0.1) is 0 Å². The second-order valence-electron chi connectivity index (χ2n) is 5.64. The summed E-state index contributed by atoms with van der Waals surface area (Å²) in [6.07, 6.45) is 1.99. The van der Waals surface area contributed by atoms with Crippen LogP contribution in [-0.2, 0) is 6.42 Å². The van der Waals surface area contributed by atoms with Crippen molar-refractivity contribution in [3.8, 4) is 11.5 Å². The number of hydrogen-bond donors (Lipinski definition) is 1. The van der Waals surface area contributed by atoms with Crippen molar-refractivity contribution < 1.29 is 14.6 Å². The number of carbonyl (C=O) groups excluding carboxylic acids is 1. The lowest BCUT2D eigenvalue weighted by Gasteiger charge is -2.29. The highest BCUT2D eigenvalue weighted by atomic mass is 16.5. The summed E-state index contributed by atoms with van der Waals surface area (Å²) in [6, 6.07) is 1.94. The third kappa shape index (κ3) is 2.52. The van der Waals surface area contributed by atoms with Crippen molar-refractivity contribution in [1.82, 2.24) is 4.90 Å². The number of phenols is 1. The third-order valence-electron chi connectivity index (χ3n) is 3.99. The number of nitrogens with zero attached hydrogens (tertiary/aromatic N) is 1. The molecule has 0 amide bonds. The number of ketones is 1. The van der Waals surface area contributed by atoms with E-state index in [2.05, 4.69) is 4.90 Å². The minimum atomic E-state index is 0.0462. The molecule has 0 heterocycles. The fourth-order valence-electron chi connectivity index (χ4n) is 3.06. The summed E-state index contributed by atoms with van der Waals surface area (Å²) in [4.78, 5) is 14.3. The third-order valence-corrected chi connectivity index (χ3v) is 3.99. The van der Waals surface area contributed by atoms with Gasteiger partial charge in [0, 0.05) is 18.5 Å². The van der Waals surface area contributed by atoms with Crippen LogP contribution in [-0.4, -0.2) is 43.5 Å². The highest BCUT2D eigenvalue weighted by Gasteiger charge is 2.31. The summed E-state index contributed by atoms with van der Waals surface area (Å²) in [5.41, 5.74) is 2.17. The van der Waals surface area contributed by atoms with E-state index >= 15 is 0 Å². The first-order chi connectivity index (χ1) is 9.49. The lowest BCUT2D eigenvalue weighted by Crippen LogP contribution is -2.26. The van der Waals surface area contributed by atoms with Gasteiger partial charge < -0.3 is 14.7 Å². The number of phenolic OH excluding ortho intramolecular Hbond substituents is 1. The molecule has 0 aromatic heterocycles. The van der Waals surface area contributed by atoms with Gasteiger partial charge in [0.15, 0.2) is 5.78 Å². The normalized spacial score (nSPS) is 18.2. The summed E-state index contributed by atoms with van der Waals surface area (Å²) in [6.45, 7) is 2.82. The molecule has 0 radical (unpaired) electrons. The van der Waals surface area contributed by atoms with Crippen LogP contribution < -0.4 is 4.74 Å². The summed E-state index contributed by atoms with van der Waals surface area (Å²) in [7, 11) is 5.65. The topological polar surface area (TPSA) is 49.8 Å². The predicted octanol–water partition coefficient (Wildman–Crippen LogP) is 2.58. The number of rotatable bonds is 4. The molecule has 0 bridgehead atoms. The van der Waals surface area contributed by atoms with Gasteiger partial charge in [-0.1, -0.05) is 6.92 Å². The lowest BCUT2D eigenvalue weighted by molar-refractivity contribution is 0.0960. The zero-order valence-corrected chi connectivity index (χ0v) is 12.7. The second kappa shape index (κ2) is 5.83. The molecule has 20 heavy (non-hydrogen) atoms. The van der Waals surface area contributed by atoms with E-state index in [4.69, 9.17) is 4.74 Å². The van der Waals surface area contributed by atoms with Crippen LogP contribution in [0.1, 0.15) is 47.2 Å². The second-order valence-corrected chi connectivity index (χ2v) is 5.64. The number of Topliss-reactive ketones (excluding diaryl/α,β-unsaturated/α-hetero) is 1. The molecule has 1 atom stereocenters. The molecule has 2 rings (SSSR count). The minimum Gasteiger partial charge on any atom is -0.507 e. The van der Waals surface area contributed by atoms with Crippen LogP contribution in [0.5, 0.6) is 11.5 Å². The highest BCUT2D eigenvalue weighted by Crippen LogP contribution is 2.42. The molecule has 4 nitrogen and oxygen atoms in total. The maximum atomic E-state index is 12.2. The van der Waals surface area contributed by atoms with Gasteiger partial charge in [0.05, 0.1) is 12.7 Å². The monoisotopic (exact) mass is 277 g/mol. The van der Waals surface area contributed by atoms with Gasteiger partial charge in [-0.3, -0.25) is 4.79 Å². The Bertz CT molecular complexity index is 523. The molecule has 1 aromatic carbocycles. The Morgan fingerprint density at radius 3 is 2.70 bits per heavy atom. The standard InChI is InChI=1S/C16H23NO3/c1-5-11-14(20-4)8-12-10(9-17(2)3)6-7-13(18)15(12)16(11)19/h8,10,19H,5-7,9H2,1-4H3. The van der Waals surface area contributed by atoms with E-state index < -0.39 is 0 Å². The van der Waals surface area contributed by atoms with Crippen molar-refractivity contribution >= 4 is 5.78 Å². The SMILES string of the molecule is CCc1c(OC)cc2c(c1O)C(=O)CCC2CN(C)C. The largest absolute Gasteiger partial charge is 0.507 e. The lowest BCUT2D eigenvalue weighted by atomic mass is 9.80. The van der Waals surface area contributed by atoms with Crippen LogP contribution >= 0.6 is 0 Å². The Labute approximate surface area is 120 Å². The molecule has 4 heteroatoms. The van der Waals surface area contributed by atoms with Crippen molar-refractivity contribution in [2.45, 2.75) is 32.1 Å². The number of hydrogen-bond acceptors (Lipinski definition) is 4. The van der Waals surface area contributed by atoms with E-state index in [1.54, 1.807) is 7.11 Å². The minimum absolute atomic E-state index is 0.0462. The Kier molecular flexibility index (Phi) is 4.33. The zero-order valence-electron chi connectivity index (χ0n) is 12.7. The number of ether oxygens (including phenoxy) is 1. The Morgan fingerprint density at radius 2 is 2.15 bits per heavy atom. The summed E-state index contributed by atoms with van der Waals surface area (Å²) < 4.78 is 5.39. The fraction of sp³-hybridized carbons (Fsp3) is 0.562. The average molecular weight is 277 g/mol. The number of methoxy groups -OCH3 is 1. The van der Waals surface area contributed by atoms with Crippen molar-refractivity contribution in [2.24, 2.45) is 0 Å². The number of aromatic hydroxyl groups is 1. The summed E-state index contributed by atoms with van der Waals surface area (Å²) >= 11 is 0. The molecular formula is C16H23NO3. The van der Waals surface area contributed by atoms with Crippen LogP contribution in [0.4, 0.5) is 0 Å². The van der Waals surface area contributed by atoms with Gasteiger partial charge >= 0.3 is 0 Å². The van der Waals surface area contributed by atoms with Gasteiger partial charge in [-0.25, -0.2) is 0 Å². The molecule has 0 fully saturated rings. The smallest absolute Gasteiger partial charge is 0.166 e. The molecule has 0 spiro atoms. The first-order valence-corrected chi connectivity index (χ1v) is 7.10. The number of benzene rings is 1. The predicted molar refractivity (Wildman–Crippen MR) is 78.9 cm³/mol. The molecule has 0 saturated carbocycles. The van der Waals surface area contributed by atoms with E-state index in [1.165, 1.54) is 0 Å². The number of fused-ring (bicyclic) bond motifs is 1. The van der Waals surface area contributed by atoms with E-state index in [9.17, 15) is 9.90 Å². The molecule has 0 aliphatic heterocycles. The first-order valence-electron chi connectivity index (χ1n) is 7.10. The van der Waals surface area contributed by atoms with Crippen molar-refractivity contribution in [1.29, 1.82) is 0 Å². The van der Waals surface area contributed by atoms with E-state index in [-0.39, 0.29) is 17.5 Å². The van der Waals surface area contributed by atoms with Crippen LogP contribution in [0.25, 0.3) is 0 Å². The van der Waals surface area contributed by atoms with Gasteiger partial charge in [0.25, 0.3) is 0 Å². The average Bonchev–Trinajstić information content (AvgIpc) is 2.40. The molecule has 0 saturated heterocycles. The Hall–Kier alpha value is -1.55. The van der Waals surface area contributed by atoms with Crippen molar-refractivity contribution in [3.63, 3.8) is 0 Å². The van der Waals surface area contributed by atoms with Crippen LogP contribution in [0.15, 0.2) is 6.07 Å². The molecule has 1 unspecified atom stereocenters.